The fourth-order valence-electron chi connectivity index (χ4n) is 2.96. The average Bonchev–Trinajstić information content (AvgIpc) is 2.71. The second kappa shape index (κ2) is 4.48. The smallest absolute Gasteiger partial charge is 0.408 e. The van der Waals surface area contributed by atoms with Crippen LogP contribution in [0.2, 0.25) is 0 Å². The molecule has 1 aliphatic carbocycles. The van der Waals surface area contributed by atoms with Gasteiger partial charge in [-0.25, -0.2) is 4.79 Å². The lowest BCUT2D eigenvalue weighted by Gasteiger charge is -2.30. The van der Waals surface area contributed by atoms with E-state index >= 15 is 0 Å². The molecule has 1 aliphatic rings. The number of oxazole rings is 1. The van der Waals surface area contributed by atoms with Gasteiger partial charge in [-0.15, -0.1) is 0 Å². The molecule has 4 rings (SSSR count). The van der Waals surface area contributed by atoms with E-state index in [0.29, 0.717) is 18.0 Å². The molecule has 0 N–H and O–H groups in total. The standard InChI is InChI=1S/C16H12INO2/c17-12-5-6-14-15(8-12)20-16(19)18(14)9-11-7-10-3-1-2-4-13(10)11/h1-6,8,11H,7,9H2. The fraction of sp³-hybridized carbons (Fsp3) is 0.188. The fourth-order valence-corrected chi connectivity index (χ4v) is 3.42. The first-order valence-electron chi connectivity index (χ1n) is 6.59. The minimum atomic E-state index is -0.258. The van der Waals surface area contributed by atoms with Crippen LogP contribution >= 0.6 is 22.6 Å². The van der Waals surface area contributed by atoms with Crippen LogP contribution in [0.3, 0.4) is 0 Å². The molecule has 3 nitrogen and oxygen atoms in total. The predicted molar refractivity (Wildman–Crippen MR) is 86.1 cm³/mol. The molecule has 0 fully saturated rings. The Morgan fingerprint density at radius 3 is 2.95 bits per heavy atom. The van der Waals surface area contributed by atoms with Crippen molar-refractivity contribution in [2.75, 3.05) is 0 Å². The molecule has 0 bridgehead atoms. The number of fused-ring (bicyclic) bond motifs is 2. The molecule has 0 amide bonds. The minimum Gasteiger partial charge on any atom is -0.408 e. The van der Waals surface area contributed by atoms with Gasteiger partial charge >= 0.3 is 5.76 Å². The zero-order valence-corrected chi connectivity index (χ0v) is 12.8. The Hall–Kier alpha value is -1.56. The summed E-state index contributed by atoms with van der Waals surface area (Å²) in [6.45, 7) is 0.698. The van der Waals surface area contributed by atoms with Crippen LogP contribution in [0.5, 0.6) is 0 Å². The van der Waals surface area contributed by atoms with E-state index in [2.05, 4.69) is 46.9 Å². The van der Waals surface area contributed by atoms with Gasteiger partial charge in [-0.3, -0.25) is 4.57 Å². The van der Waals surface area contributed by atoms with E-state index in [1.165, 1.54) is 11.1 Å². The van der Waals surface area contributed by atoms with Gasteiger partial charge in [0.25, 0.3) is 0 Å². The quantitative estimate of drug-likeness (QED) is 0.641. The summed E-state index contributed by atoms with van der Waals surface area (Å²) in [6.07, 6.45) is 1.04. The third-order valence-corrected chi connectivity index (χ3v) is 4.67. The van der Waals surface area contributed by atoms with Crippen molar-refractivity contribution >= 4 is 33.7 Å². The van der Waals surface area contributed by atoms with Gasteiger partial charge in [0.2, 0.25) is 0 Å². The number of benzene rings is 2. The topological polar surface area (TPSA) is 35.1 Å². The average molecular weight is 377 g/mol. The molecule has 0 aliphatic heterocycles. The second-order valence-corrected chi connectivity index (χ2v) is 6.44. The van der Waals surface area contributed by atoms with Gasteiger partial charge in [0.05, 0.1) is 5.52 Å². The molecule has 0 radical (unpaired) electrons. The third-order valence-electron chi connectivity index (χ3n) is 3.99. The van der Waals surface area contributed by atoms with Crippen molar-refractivity contribution in [3.63, 3.8) is 0 Å². The van der Waals surface area contributed by atoms with E-state index in [9.17, 15) is 4.79 Å². The second-order valence-electron chi connectivity index (χ2n) is 5.19. The minimum absolute atomic E-state index is 0.258. The van der Waals surface area contributed by atoms with Gasteiger partial charge < -0.3 is 4.42 Å². The molecular weight excluding hydrogens is 365 g/mol. The first kappa shape index (κ1) is 12.2. The summed E-state index contributed by atoms with van der Waals surface area (Å²) in [5.74, 6) is 0.162. The SMILES string of the molecule is O=c1oc2cc(I)ccc2n1CC1Cc2ccccc21. The van der Waals surface area contributed by atoms with Crippen LogP contribution in [0.4, 0.5) is 0 Å². The maximum atomic E-state index is 12.0. The number of halogens is 1. The van der Waals surface area contributed by atoms with Crippen molar-refractivity contribution in [2.24, 2.45) is 0 Å². The molecule has 20 heavy (non-hydrogen) atoms. The summed E-state index contributed by atoms with van der Waals surface area (Å²) >= 11 is 2.22. The van der Waals surface area contributed by atoms with Crippen LogP contribution in [-0.4, -0.2) is 4.57 Å². The summed E-state index contributed by atoms with van der Waals surface area (Å²) in [5, 5.41) is 0. The van der Waals surface area contributed by atoms with E-state index in [-0.39, 0.29) is 5.76 Å². The maximum absolute atomic E-state index is 12.0. The lowest BCUT2D eigenvalue weighted by atomic mass is 9.77. The lowest BCUT2D eigenvalue weighted by molar-refractivity contribution is 0.455. The van der Waals surface area contributed by atoms with Crippen LogP contribution < -0.4 is 5.76 Å². The van der Waals surface area contributed by atoms with Gasteiger partial charge in [-0.2, -0.15) is 0 Å². The zero-order valence-electron chi connectivity index (χ0n) is 10.7. The van der Waals surface area contributed by atoms with Crippen LogP contribution in [-0.2, 0) is 13.0 Å². The molecule has 1 atom stereocenters. The number of hydrogen-bond acceptors (Lipinski definition) is 2. The van der Waals surface area contributed by atoms with E-state index in [1.54, 1.807) is 4.57 Å². The van der Waals surface area contributed by atoms with Gasteiger partial charge in [-0.05, 0) is 58.3 Å². The first-order valence-corrected chi connectivity index (χ1v) is 7.67. The normalized spacial score (nSPS) is 16.9. The van der Waals surface area contributed by atoms with E-state index in [4.69, 9.17) is 4.42 Å². The first-order chi connectivity index (χ1) is 9.72. The van der Waals surface area contributed by atoms with E-state index in [1.807, 2.05) is 18.2 Å². The van der Waals surface area contributed by atoms with Gasteiger partial charge in [0, 0.05) is 16.0 Å². The summed E-state index contributed by atoms with van der Waals surface area (Å²) in [6, 6.07) is 14.3. The maximum Gasteiger partial charge on any atom is 0.419 e. The molecule has 1 heterocycles. The Kier molecular flexibility index (Phi) is 2.73. The molecule has 2 aromatic carbocycles. The molecule has 3 aromatic rings. The summed E-state index contributed by atoms with van der Waals surface area (Å²) < 4.78 is 8.17. The van der Waals surface area contributed by atoms with Gasteiger partial charge in [0.1, 0.15) is 0 Å². The summed E-state index contributed by atoms with van der Waals surface area (Å²) in [4.78, 5) is 12.0. The highest BCUT2D eigenvalue weighted by atomic mass is 127. The Morgan fingerprint density at radius 1 is 1.25 bits per heavy atom. The Morgan fingerprint density at radius 2 is 2.10 bits per heavy atom. The zero-order chi connectivity index (χ0) is 13.7. The van der Waals surface area contributed by atoms with Gasteiger partial charge in [0.15, 0.2) is 5.58 Å². The molecule has 0 saturated carbocycles. The highest BCUT2D eigenvalue weighted by Gasteiger charge is 2.27. The number of aromatic nitrogens is 1. The molecular formula is C16H12INO2. The van der Waals surface area contributed by atoms with Crippen molar-refractivity contribution in [1.29, 1.82) is 0 Å². The van der Waals surface area contributed by atoms with E-state index < -0.39 is 0 Å². The number of hydrogen-bond donors (Lipinski definition) is 0. The number of nitrogens with zero attached hydrogens (tertiary/aromatic N) is 1. The van der Waals surface area contributed by atoms with Crippen molar-refractivity contribution in [3.8, 4) is 0 Å². The molecule has 0 spiro atoms. The van der Waals surface area contributed by atoms with Crippen LogP contribution in [0, 0.1) is 3.57 Å². The Balaban J connectivity index is 1.74. The Bertz CT molecular complexity index is 862. The van der Waals surface area contributed by atoms with Crippen LogP contribution in [0.15, 0.2) is 51.7 Å². The molecule has 1 unspecified atom stereocenters. The van der Waals surface area contributed by atoms with Gasteiger partial charge in [-0.1, -0.05) is 24.3 Å². The summed E-state index contributed by atoms with van der Waals surface area (Å²) in [5.41, 5.74) is 4.32. The van der Waals surface area contributed by atoms with Crippen molar-refractivity contribution in [2.45, 2.75) is 18.9 Å². The molecule has 1 aromatic heterocycles. The number of rotatable bonds is 2. The molecule has 0 saturated heterocycles. The molecule has 4 heteroatoms. The van der Waals surface area contributed by atoms with Crippen molar-refractivity contribution in [3.05, 3.63) is 67.7 Å². The summed E-state index contributed by atoms with van der Waals surface area (Å²) in [7, 11) is 0. The van der Waals surface area contributed by atoms with Crippen molar-refractivity contribution in [1.82, 2.24) is 4.57 Å². The molecule has 100 valence electrons. The highest BCUT2D eigenvalue weighted by molar-refractivity contribution is 14.1. The van der Waals surface area contributed by atoms with Crippen LogP contribution in [0.25, 0.3) is 11.1 Å². The highest BCUT2D eigenvalue weighted by Crippen LogP contribution is 2.36. The lowest BCUT2D eigenvalue weighted by Crippen LogP contribution is -2.26. The third kappa shape index (κ3) is 1.82. The predicted octanol–water partition coefficient (Wildman–Crippen LogP) is 3.54. The van der Waals surface area contributed by atoms with E-state index in [0.717, 1.165) is 15.5 Å². The largest absolute Gasteiger partial charge is 0.419 e. The monoisotopic (exact) mass is 377 g/mol. The van der Waals surface area contributed by atoms with Crippen molar-refractivity contribution < 1.29 is 4.42 Å². The Labute approximate surface area is 129 Å². The van der Waals surface area contributed by atoms with Crippen LogP contribution in [0.1, 0.15) is 17.0 Å².